The van der Waals surface area contributed by atoms with Gasteiger partial charge in [0.05, 0.1) is 6.54 Å². The predicted octanol–water partition coefficient (Wildman–Crippen LogP) is 4.17. The topological polar surface area (TPSA) is 50.7 Å². The molecule has 0 unspecified atom stereocenters. The maximum atomic E-state index is 4.57. The number of hydrogen-bond donors (Lipinski definition) is 1. The van der Waals surface area contributed by atoms with E-state index in [9.17, 15) is 0 Å². The van der Waals surface area contributed by atoms with Gasteiger partial charge >= 0.3 is 0 Å². The van der Waals surface area contributed by atoms with Crippen molar-refractivity contribution in [3.8, 4) is 0 Å². The molecule has 0 aliphatic heterocycles. The number of nitrogens with zero attached hydrogens (tertiary/aromatic N) is 3. The zero-order valence-corrected chi connectivity index (χ0v) is 14.6. The molecule has 0 aliphatic rings. The molecule has 0 fully saturated rings. The number of halogens is 1. The second-order valence-electron chi connectivity index (χ2n) is 5.58. The molecule has 0 amide bonds. The third-order valence-corrected chi connectivity index (χ3v) is 4.28. The highest BCUT2D eigenvalue weighted by Gasteiger charge is 2.18. The molecular formula is C14H19BrN4S. The molecule has 0 saturated heterocycles. The molecule has 0 aliphatic carbocycles. The zero-order chi connectivity index (χ0) is 14.8. The molecule has 108 valence electrons. The monoisotopic (exact) mass is 354 g/mol. The lowest BCUT2D eigenvalue weighted by Crippen LogP contribution is -2.17. The number of rotatable bonds is 4. The summed E-state index contributed by atoms with van der Waals surface area (Å²) in [4.78, 5) is 14.7. The second-order valence-corrected chi connectivity index (χ2v) is 7.59. The van der Waals surface area contributed by atoms with Crippen LogP contribution in [0.15, 0.2) is 16.9 Å². The molecule has 0 radical (unpaired) electrons. The van der Waals surface area contributed by atoms with Crippen molar-refractivity contribution in [2.75, 3.05) is 5.32 Å². The van der Waals surface area contributed by atoms with Crippen LogP contribution in [0, 0.1) is 0 Å². The van der Waals surface area contributed by atoms with Crippen molar-refractivity contribution in [1.29, 1.82) is 0 Å². The van der Waals surface area contributed by atoms with E-state index >= 15 is 0 Å². The van der Waals surface area contributed by atoms with Gasteiger partial charge in [0.1, 0.15) is 21.3 Å². The summed E-state index contributed by atoms with van der Waals surface area (Å²) in [5.41, 5.74) is -0.0726. The minimum atomic E-state index is -0.0726. The number of nitrogens with one attached hydrogen (secondary N) is 1. The van der Waals surface area contributed by atoms with E-state index in [0.717, 1.165) is 27.7 Å². The third-order valence-electron chi connectivity index (χ3n) is 2.74. The molecule has 6 heteroatoms. The number of anilines is 1. The molecule has 2 rings (SSSR count). The maximum Gasteiger partial charge on any atom is 0.137 e. The average molecular weight is 355 g/mol. The van der Waals surface area contributed by atoms with Gasteiger partial charge in [-0.2, -0.15) is 0 Å². The Labute approximate surface area is 132 Å². The first-order valence-corrected chi connectivity index (χ1v) is 8.22. The number of aromatic nitrogens is 3. The summed E-state index contributed by atoms with van der Waals surface area (Å²) in [6.45, 7) is 9.15. The maximum absolute atomic E-state index is 4.57. The van der Waals surface area contributed by atoms with Gasteiger partial charge in [0.15, 0.2) is 0 Å². The SMILES string of the molecule is CCc1cnc(CNc2cc(Br)nc(C(C)(C)C)n2)s1. The minimum Gasteiger partial charge on any atom is -0.363 e. The van der Waals surface area contributed by atoms with Gasteiger partial charge in [0.2, 0.25) is 0 Å². The van der Waals surface area contributed by atoms with Crippen LogP contribution in [0.4, 0.5) is 5.82 Å². The van der Waals surface area contributed by atoms with Crippen molar-refractivity contribution in [1.82, 2.24) is 15.0 Å². The van der Waals surface area contributed by atoms with Crippen LogP contribution < -0.4 is 5.32 Å². The highest BCUT2D eigenvalue weighted by molar-refractivity contribution is 9.10. The van der Waals surface area contributed by atoms with Crippen molar-refractivity contribution < 1.29 is 0 Å². The van der Waals surface area contributed by atoms with Gasteiger partial charge in [-0.3, -0.25) is 0 Å². The van der Waals surface area contributed by atoms with Gasteiger partial charge < -0.3 is 5.32 Å². The highest BCUT2D eigenvalue weighted by Crippen LogP contribution is 2.23. The molecule has 20 heavy (non-hydrogen) atoms. The molecule has 2 aromatic rings. The summed E-state index contributed by atoms with van der Waals surface area (Å²) in [5.74, 6) is 1.65. The van der Waals surface area contributed by atoms with Crippen molar-refractivity contribution in [2.45, 2.75) is 46.1 Å². The Morgan fingerprint density at radius 1 is 1.30 bits per heavy atom. The van der Waals surface area contributed by atoms with E-state index in [-0.39, 0.29) is 5.41 Å². The molecule has 2 heterocycles. The first kappa shape index (κ1) is 15.4. The van der Waals surface area contributed by atoms with E-state index in [0.29, 0.717) is 6.54 Å². The van der Waals surface area contributed by atoms with Crippen LogP contribution in [-0.4, -0.2) is 15.0 Å². The van der Waals surface area contributed by atoms with E-state index in [1.165, 1.54) is 4.88 Å². The van der Waals surface area contributed by atoms with E-state index in [4.69, 9.17) is 0 Å². The van der Waals surface area contributed by atoms with Crippen LogP contribution in [0.25, 0.3) is 0 Å². The summed E-state index contributed by atoms with van der Waals surface area (Å²) in [6.07, 6.45) is 2.98. The van der Waals surface area contributed by atoms with Gasteiger partial charge in [0.25, 0.3) is 0 Å². The quantitative estimate of drug-likeness (QED) is 0.837. The average Bonchev–Trinajstić information content (AvgIpc) is 2.82. The Balaban J connectivity index is 2.11. The van der Waals surface area contributed by atoms with E-state index in [1.54, 1.807) is 11.3 Å². The fourth-order valence-corrected chi connectivity index (χ4v) is 2.79. The minimum absolute atomic E-state index is 0.0726. The number of thiazole rings is 1. The van der Waals surface area contributed by atoms with Gasteiger partial charge in [-0.05, 0) is 22.4 Å². The molecular weight excluding hydrogens is 336 g/mol. The lowest BCUT2D eigenvalue weighted by atomic mass is 9.96. The van der Waals surface area contributed by atoms with Crippen LogP contribution in [-0.2, 0) is 18.4 Å². The normalized spacial score (nSPS) is 11.7. The predicted molar refractivity (Wildman–Crippen MR) is 87.3 cm³/mol. The Bertz CT molecular complexity index is 589. The van der Waals surface area contributed by atoms with E-state index < -0.39 is 0 Å². The van der Waals surface area contributed by atoms with Crippen molar-refractivity contribution in [2.24, 2.45) is 0 Å². The Morgan fingerprint density at radius 3 is 2.65 bits per heavy atom. The molecule has 0 saturated carbocycles. The number of hydrogen-bond acceptors (Lipinski definition) is 5. The smallest absolute Gasteiger partial charge is 0.137 e. The Kier molecular flexibility index (Phi) is 4.75. The Morgan fingerprint density at radius 2 is 2.05 bits per heavy atom. The largest absolute Gasteiger partial charge is 0.363 e. The fraction of sp³-hybridized carbons (Fsp3) is 0.500. The van der Waals surface area contributed by atoms with Gasteiger partial charge in [0, 0.05) is 22.6 Å². The first-order chi connectivity index (χ1) is 9.38. The molecule has 1 N–H and O–H groups in total. The van der Waals surface area contributed by atoms with E-state index in [2.05, 4.69) is 63.9 Å². The molecule has 0 aromatic carbocycles. The summed E-state index contributed by atoms with van der Waals surface area (Å²) in [5, 5.41) is 4.40. The van der Waals surface area contributed by atoms with Gasteiger partial charge in [-0.15, -0.1) is 11.3 Å². The van der Waals surface area contributed by atoms with Crippen molar-refractivity contribution in [3.05, 3.63) is 32.6 Å². The van der Waals surface area contributed by atoms with Gasteiger partial charge in [-0.25, -0.2) is 15.0 Å². The summed E-state index contributed by atoms with van der Waals surface area (Å²) < 4.78 is 0.799. The second kappa shape index (κ2) is 6.18. The lowest BCUT2D eigenvalue weighted by molar-refractivity contribution is 0.544. The van der Waals surface area contributed by atoms with E-state index in [1.807, 2.05) is 12.3 Å². The molecule has 0 bridgehead atoms. The molecule has 4 nitrogen and oxygen atoms in total. The summed E-state index contributed by atoms with van der Waals surface area (Å²) >= 11 is 5.18. The van der Waals surface area contributed by atoms with Crippen molar-refractivity contribution in [3.63, 3.8) is 0 Å². The zero-order valence-electron chi connectivity index (χ0n) is 12.2. The summed E-state index contributed by atoms with van der Waals surface area (Å²) in [7, 11) is 0. The summed E-state index contributed by atoms with van der Waals surface area (Å²) in [6, 6.07) is 1.89. The molecule has 2 aromatic heterocycles. The van der Waals surface area contributed by atoms with Crippen LogP contribution in [0.5, 0.6) is 0 Å². The third kappa shape index (κ3) is 3.99. The lowest BCUT2D eigenvalue weighted by Gasteiger charge is -2.17. The first-order valence-electron chi connectivity index (χ1n) is 6.61. The molecule has 0 spiro atoms. The number of aryl methyl sites for hydroxylation is 1. The van der Waals surface area contributed by atoms with Crippen molar-refractivity contribution >= 4 is 33.1 Å². The van der Waals surface area contributed by atoms with Crippen LogP contribution in [0.1, 0.15) is 43.4 Å². The van der Waals surface area contributed by atoms with Crippen LogP contribution in [0.3, 0.4) is 0 Å². The van der Waals surface area contributed by atoms with Gasteiger partial charge in [-0.1, -0.05) is 27.7 Å². The fourth-order valence-electron chi connectivity index (χ4n) is 1.60. The van der Waals surface area contributed by atoms with Crippen LogP contribution in [0.2, 0.25) is 0 Å². The van der Waals surface area contributed by atoms with Crippen LogP contribution >= 0.6 is 27.3 Å². The standard InChI is InChI=1S/C14H19BrN4S/c1-5-9-7-17-12(20-9)8-16-11-6-10(15)18-13(19-11)14(2,3)4/h6-7H,5,8H2,1-4H3,(H,16,18,19). The highest BCUT2D eigenvalue weighted by atomic mass is 79.9. The molecule has 0 atom stereocenters. The Hall–Kier alpha value is -1.01.